The smallest absolute Gasteiger partial charge is 0.224 e. The second-order valence-corrected chi connectivity index (χ2v) is 7.45. The van der Waals surface area contributed by atoms with Gasteiger partial charge in [-0.15, -0.1) is 0 Å². The maximum absolute atomic E-state index is 12.2. The Kier molecular flexibility index (Phi) is 4.46. The number of halogens is 2. The predicted octanol–water partition coefficient (Wildman–Crippen LogP) is 4.48. The van der Waals surface area contributed by atoms with Gasteiger partial charge in [-0.3, -0.25) is 4.79 Å². The summed E-state index contributed by atoms with van der Waals surface area (Å²) in [5.74, 6) is 2.44. The van der Waals surface area contributed by atoms with E-state index in [0.29, 0.717) is 22.4 Å². The average Bonchev–Trinajstić information content (AvgIpc) is 3.04. The lowest BCUT2D eigenvalue weighted by Gasteiger charge is -2.28. The average molecular weight is 326 g/mol. The fourth-order valence-corrected chi connectivity index (χ4v) is 4.63. The van der Waals surface area contributed by atoms with Crippen LogP contribution < -0.4 is 5.32 Å². The van der Waals surface area contributed by atoms with Crippen molar-refractivity contribution >= 4 is 29.1 Å². The molecular weight excluding hydrogens is 305 g/mol. The summed E-state index contributed by atoms with van der Waals surface area (Å²) in [6.45, 7) is 2.15. The van der Waals surface area contributed by atoms with E-state index >= 15 is 0 Å². The number of amides is 1. The molecule has 0 saturated heterocycles. The Labute approximate surface area is 136 Å². The van der Waals surface area contributed by atoms with Crippen LogP contribution in [0.4, 0.5) is 0 Å². The Balaban J connectivity index is 1.56. The molecule has 4 heteroatoms. The second kappa shape index (κ2) is 6.18. The number of fused-ring (bicyclic) bond motifs is 2. The topological polar surface area (TPSA) is 29.1 Å². The number of carbonyl (C=O) groups excluding carboxylic acids is 1. The number of rotatable bonds is 4. The van der Waals surface area contributed by atoms with Gasteiger partial charge in [0.15, 0.2) is 0 Å². The minimum Gasteiger partial charge on any atom is -0.353 e. The molecule has 21 heavy (non-hydrogen) atoms. The van der Waals surface area contributed by atoms with Crippen molar-refractivity contribution in [3.63, 3.8) is 0 Å². The van der Waals surface area contributed by atoms with Crippen LogP contribution in [0.5, 0.6) is 0 Å². The molecule has 1 amide bonds. The van der Waals surface area contributed by atoms with Crippen molar-refractivity contribution < 1.29 is 4.79 Å². The Morgan fingerprint density at radius 3 is 2.76 bits per heavy atom. The first-order valence-corrected chi connectivity index (χ1v) is 8.52. The molecule has 2 fully saturated rings. The third kappa shape index (κ3) is 3.37. The zero-order valence-electron chi connectivity index (χ0n) is 12.2. The van der Waals surface area contributed by atoms with Crippen LogP contribution in [0, 0.1) is 17.8 Å². The molecule has 4 atom stereocenters. The van der Waals surface area contributed by atoms with E-state index in [9.17, 15) is 4.79 Å². The fourth-order valence-electron chi connectivity index (χ4n) is 4.16. The van der Waals surface area contributed by atoms with E-state index in [0.717, 1.165) is 17.4 Å². The van der Waals surface area contributed by atoms with Gasteiger partial charge >= 0.3 is 0 Å². The molecule has 2 nitrogen and oxygen atoms in total. The van der Waals surface area contributed by atoms with Crippen molar-refractivity contribution in [2.24, 2.45) is 17.8 Å². The number of benzene rings is 1. The standard InChI is InChI=1S/C17H21Cl2NO/c1-10(15-7-11-2-3-12(15)6-11)20-17(21)8-13-4-5-14(18)9-16(13)19/h4-5,9-12,15H,2-3,6-8H2,1H3,(H,20,21). The molecule has 0 spiro atoms. The Morgan fingerprint density at radius 2 is 2.14 bits per heavy atom. The van der Waals surface area contributed by atoms with Crippen LogP contribution in [0.25, 0.3) is 0 Å². The molecule has 4 unspecified atom stereocenters. The quantitative estimate of drug-likeness (QED) is 0.868. The highest BCUT2D eigenvalue weighted by molar-refractivity contribution is 6.35. The zero-order valence-corrected chi connectivity index (χ0v) is 13.8. The molecule has 3 rings (SSSR count). The third-order valence-electron chi connectivity index (χ3n) is 5.19. The molecule has 2 aliphatic rings. The summed E-state index contributed by atoms with van der Waals surface area (Å²) in [7, 11) is 0. The van der Waals surface area contributed by atoms with Gasteiger partial charge in [-0.2, -0.15) is 0 Å². The SMILES string of the molecule is CC(NC(=O)Cc1ccc(Cl)cc1Cl)C1CC2CCC1C2. The number of nitrogens with one attached hydrogen (secondary N) is 1. The summed E-state index contributed by atoms with van der Waals surface area (Å²) in [4.78, 5) is 12.2. The molecule has 1 aromatic rings. The summed E-state index contributed by atoms with van der Waals surface area (Å²) >= 11 is 12.0. The van der Waals surface area contributed by atoms with Crippen LogP contribution in [-0.2, 0) is 11.2 Å². The van der Waals surface area contributed by atoms with E-state index in [1.165, 1.54) is 25.7 Å². The summed E-state index contributed by atoms with van der Waals surface area (Å²) in [6, 6.07) is 5.55. The van der Waals surface area contributed by atoms with Gasteiger partial charge in [0.25, 0.3) is 0 Å². The third-order valence-corrected chi connectivity index (χ3v) is 5.78. The molecule has 0 heterocycles. The number of hydrogen-bond donors (Lipinski definition) is 1. The first-order chi connectivity index (χ1) is 10.0. The van der Waals surface area contributed by atoms with E-state index in [1.807, 2.05) is 6.07 Å². The molecule has 0 aliphatic heterocycles. The van der Waals surface area contributed by atoms with E-state index in [2.05, 4.69) is 12.2 Å². The minimum absolute atomic E-state index is 0.0505. The first-order valence-electron chi connectivity index (χ1n) is 7.76. The van der Waals surface area contributed by atoms with Crippen molar-refractivity contribution in [3.05, 3.63) is 33.8 Å². The second-order valence-electron chi connectivity index (χ2n) is 6.61. The van der Waals surface area contributed by atoms with Crippen LogP contribution in [0.15, 0.2) is 18.2 Å². The molecule has 0 aromatic heterocycles. The van der Waals surface area contributed by atoms with Gasteiger partial charge in [0, 0.05) is 16.1 Å². The molecule has 1 N–H and O–H groups in total. The Morgan fingerprint density at radius 1 is 1.33 bits per heavy atom. The molecule has 2 aliphatic carbocycles. The highest BCUT2D eigenvalue weighted by Gasteiger charge is 2.42. The highest BCUT2D eigenvalue weighted by atomic mass is 35.5. The molecule has 0 radical (unpaired) electrons. The van der Waals surface area contributed by atoms with Crippen LogP contribution >= 0.6 is 23.2 Å². The number of carbonyl (C=O) groups is 1. The van der Waals surface area contributed by atoms with E-state index in [-0.39, 0.29) is 11.9 Å². The maximum atomic E-state index is 12.2. The maximum Gasteiger partial charge on any atom is 0.224 e. The minimum atomic E-state index is 0.0505. The fraction of sp³-hybridized carbons (Fsp3) is 0.588. The molecule has 2 bridgehead atoms. The van der Waals surface area contributed by atoms with Gasteiger partial charge in [-0.1, -0.05) is 35.7 Å². The van der Waals surface area contributed by atoms with Gasteiger partial charge in [0.2, 0.25) is 5.91 Å². The van der Waals surface area contributed by atoms with Crippen molar-refractivity contribution in [3.8, 4) is 0 Å². The Bertz CT molecular complexity index is 546. The molecular formula is C17H21Cl2NO. The van der Waals surface area contributed by atoms with Gasteiger partial charge in [-0.25, -0.2) is 0 Å². The largest absolute Gasteiger partial charge is 0.353 e. The van der Waals surface area contributed by atoms with Gasteiger partial charge in [-0.05, 0) is 61.6 Å². The highest BCUT2D eigenvalue weighted by Crippen LogP contribution is 2.49. The van der Waals surface area contributed by atoms with Crippen LogP contribution in [0.2, 0.25) is 10.0 Å². The van der Waals surface area contributed by atoms with E-state index in [1.54, 1.807) is 12.1 Å². The van der Waals surface area contributed by atoms with Gasteiger partial charge < -0.3 is 5.32 Å². The summed E-state index contributed by atoms with van der Waals surface area (Å²) in [5, 5.41) is 4.32. The first kappa shape index (κ1) is 15.2. The molecule has 114 valence electrons. The van der Waals surface area contributed by atoms with Crippen LogP contribution in [0.1, 0.15) is 38.2 Å². The summed E-state index contributed by atoms with van der Waals surface area (Å²) < 4.78 is 0. The van der Waals surface area contributed by atoms with E-state index < -0.39 is 0 Å². The summed E-state index contributed by atoms with van der Waals surface area (Å²) in [6.07, 6.45) is 5.71. The Hall–Kier alpha value is -0.730. The monoisotopic (exact) mass is 325 g/mol. The van der Waals surface area contributed by atoms with Crippen LogP contribution in [-0.4, -0.2) is 11.9 Å². The van der Waals surface area contributed by atoms with Gasteiger partial charge in [0.1, 0.15) is 0 Å². The normalized spacial score (nSPS) is 28.6. The molecule has 1 aromatic carbocycles. The predicted molar refractivity (Wildman–Crippen MR) is 86.7 cm³/mol. The van der Waals surface area contributed by atoms with Crippen molar-refractivity contribution in [1.82, 2.24) is 5.32 Å². The lowest BCUT2D eigenvalue weighted by atomic mass is 9.84. The lowest BCUT2D eigenvalue weighted by Crippen LogP contribution is -2.40. The molecule has 2 saturated carbocycles. The summed E-state index contributed by atoms with van der Waals surface area (Å²) in [5.41, 5.74) is 0.832. The van der Waals surface area contributed by atoms with Crippen molar-refractivity contribution in [2.75, 3.05) is 0 Å². The zero-order chi connectivity index (χ0) is 15.0. The van der Waals surface area contributed by atoms with Crippen LogP contribution in [0.3, 0.4) is 0 Å². The van der Waals surface area contributed by atoms with Crippen molar-refractivity contribution in [2.45, 2.75) is 45.1 Å². The van der Waals surface area contributed by atoms with Crippen molar-refractivity contribution in [1.29, 1.82) is 0 Å². The van der Waals surface area contributed by atoms with Gasteiger partial charge in [0.05, 0.1) is 6.42 Å². The number of hydrogen-bond acceptors (Lipinski definition) is 1. The van der Waals surface area contributed by atoms with E-state index in [4.69, 9.17) is 23.2 Å². The lowest BCUT2D eigenvalue weighted by molar-refractivity contribution is -0.121.